The molecule has 0 aromatic carbocycles. The molecule has 1 unspecified atom stereocenters. The number of ether oxygens (including phenoxy) is 5. The minimum atomic E-state index is -0.0212. The lowest BCUT2D eigenvalue weighted by Gasteiger charge is -2.49. The van der Waals surface area contributed by atoms with Gasteiger partial charge in [0.1, 0.15) is 0 Å². The molecule has 4 bridgehead atoms. The summed E-state index contributed by atoms with van der Waals surface area (Å²) in [5.41, 5.74) is 0. The molecule has 2 N–H and O–H groups in total. The third-order valence-electron chi connectivity index (χ3n) is 6.34. The van der Waals surface area contributed by atoms with Crippen LogP contribution in [-0.4, -0.2) is 169 Å². The van der Waals surface area contributed by atoms with Gasteiger partial charge >= 0.3 is 0 Å². The summed E-state index contributed by atoms with van der Waals surface area (Å²) in [6, 6.07) is 0. The number of fused-ring (bicyclic) bond motifs is 8. The fraction of sp³-hybridized carbons (Fsp3) is 1.00. The topological polar surface area (TPSA) is 86.4 Å². The molecule has 12 nitrogen and oxygen atoms in total. The molecule has 5 rings (SSSR count). The van der Waals surface area contributed by atoms with Crippen molar-refractivity contribution < 1.29 is 23.7 Å². The van der Waals surface area contributed by atoms with E-state index in [1.807, 2.05) is 0 Å². The lowest BCUT2D eigenvalue weighted by atomic mass is 10.3. The van der Waals surface area contributed by atoms with Crippen molar-refractivity contribution in [3.8, 4) is 0 Å². The SMILES string of the molecule is C1CN2CN3CN(CCNCN(CC4COCCOCCOCCOCCO4)CN1)CN(C2)C3. The first-order chi connectivity index (χ1) is 16.8. The van der Waals surface area contributed by atoms with Gasteiger partial charge in [0.05, 0.1) is 98.9 Å². The first-order valence-corrected chi connectivity index (χ1v) is 12.8. The normalized spacial score (nSPS) is 36.9. The van der Waals surface area contributed by atoms with E-state index in [0.717, 1.165) is 79.4 Å². The second-order valence-electron chi connectivity index (χ2n) is 9.41. The highest BCUT2D eigenvalue weighted by molar-refractivity contribution is 4.76. The van der Waals surface area contributed by atoms with Crippen LogP contribution in [0, 0.1) is 0 Å². The minimum Gasteiger partial charge on any atom is -0.377 e. The zero-order valence-electron chi connectivity index (χ0n) is 20.7. The molecule has 5 saturated heterocycles. The smallest absolute Gasteiger partial charge is 0.0937 e. The summed E-state index contributed by atoms with van der Waals surface area (Å²) in [7, 11) is 0. The fourth-order valence-corrected chi connectivity index (χ4v) is 4.78. The Morgan fingerprint density at radius 2 is 1.03 bits per heavy atom. The first kappa shape index (κ1) is 26.6. The van der Waals surface area contributed by atoms with E-state index >= 15 is 0 Å². The van der Waals surface area contributed by atoms with Crippen LogP contribution in [-0.2, 0) is 23.7 Å². The summed E-state index contributed by atoms with van der Waals surface area (Å²) in [4.78, 5) is 12.5. The van der Waals surface area contributed by atoms with E-state index in [1.54, 1.807) is 0 Å². The first-order valence-electron chi connectivity index (χ1n) is 12.8. The summed E-state index contributed by atoms with van der Waals surface area (Å²) in [5.74, 6) is 0. The Bertz CT molecular complexity index is 498. The van der Waals surface area contributed by atoms with Crippen molar-refractivity contribution >= 4 is 0 Å². The van der Waals surface area contributed by atoms with E-state index in [-0.39, 0.29) is 6.10 Å². The average Bonchev–Trinajstić information content (AvgIpc) is 2.83. The summed E-state index contributed by atoms with van der Waals surface area (Å²) >= 11 is 0. The minimum absolute atomic E-state index is 0.0212. The van der Waals surface area contributed by atoms with Gasteiger partial charge in [0.25, 0.3) is 0 Å². The summed E-state index contributed by atoms with van der Waals surface area (Å²) in [6.07, 6.45) is -0.0212. The monoisotopic (exact) mass is 487 g/mol. The molecule has 0 spiro atoms. The average molecular weight is 488 g/mol. The second kappa shape index (κ2) is 15.6. The maximum Gasteiger partial charge on any atom is 0.0937 e. The molecule has 5 aliphatic rings. The number of hydrogen-bond acceptors (Lipinski definition) is 12. The largest absolute Gasteiger partial charge is 0.377 e. The summed E-state index contributed by atoms with van der Waals surface area (Å²) in [6.45, 7) is 16.9. The van der Waals surface area contributed by atoms with E-state index in [9.17, 15) is 0 Å². The van der Waals surface area contributed by atoms with E-state index < -0.39 is 0 Å². The molecule has 5 aliphatic heterocycles. The third-order valence-corrected chi connectivity index (χ3v) is 6.34. The van der Waals surface area contributed by atoms with Crippen molar-refractivity contribution in [2.24, 2.45) is 0 Å². The van der Waals surface area contributed by atoms with Gasteiger partial charge < -0.3 is 34.3 Å². The van der Waals surface area contributed by atoms with Gasteiger partial charge in [-0.3, -0.25) is 24.5 Å². The fourth-order valence-electron chi connectivity index (χ4n) is 4.78. The van der Waals surface area contributed by atoms with Crippen molar-refractivity contribution in [3.05, 3.63) is 0 Å². The Labute approximate surface area is 204 Å². The van der Waals surface area contributed by atoms with Gasteiger partial charge in [0.2, 0.25) is 0 Å². The zero-order valence-corrected chi connectivity index (χ0v) is 20.7. The van der Waals surface area contributed by atoms with Crippen LogP contribution in [0.2, 0.25) is 0 Å². The van der Waals surface area contributed by atoms with Gasteiger partial charge in [-0.25, -0.2) is 0 Å². The van der Waals surface area contributed by atoms with E-state index in [1.165, 1.54) is 0 Å². The predicted octanol–water partition coefficient (Wildman–Crippen LogP) is -2.12. The second-order valence-corrected chi connectivity index (χ2v) is 9.41. The molecule has 34 heavy (non-hydrogen) atoms. The van der Waals surface area contributed by atoms with E-state index in [2.05, 4.69) is 35.1 Å². The van der Waals surface area contributed by atoms with Crippen LogP contribution in [0.4, 0.5) is 0 Å². The van der Waals surface area contributed by atoms with Crippen LogP contribution in [0.25, 0.3) is 0 Å². The highest BCUT2D eigenvalue weighted by atomic mass is 16.6. The van der Waals surface area contributed by atoms with Crippen molar-refractivity contribution in [3.63, 3.8) is 0 Å². The Morgan fingerprint density at radius 3 is 1.59 bits per heavy atom. The lowest BCUT2D eigenvalue weighted by molar-refractivity contribution is -0.120. The molecule has 12 heteroatoms. The summed E-state index contributed by atoms with van der Waals surface area (Å²) in [5, 5.41) is 7.28. The lowest BCUT2D eigenvalue weighted by Crippen LogP contribution is -2.65. The maximum atomic E-state index is 6.15. The number of nitrogens with one attached hydrogen (secondary N) is 2. The van der Waals surface area contributed by atoms with Gasteiger partial charge in [-0.2, -0.15) is 0 Å². The maximum absolute atomic E-state index is 6.15. The Balaban J connectivity index is 1.25. The van der Waals surface area contributed by atoms with Crippen LogP contribution < -0.4 is 10.6 Å². The molecule has 5 fully saturated rings. The highest BCUT2D eigenvalue weighted by Gasteiger charge is 2.30. The molecule has 0 amide bonds. The Morgan fingerprint density at radius 1 is 0.559 bits per heavy atom. The van der Waals surface area contributed by atoms with Crippen molar-refractivity contribution in [1.29, 1.82) is 0 Å². The van der Waals surface area contributed by atoms with Crippen molar-refractivity contribution in [2.45, 2.75) is 6.10 Å². The van der Waals surface area contributed by atoms with Gasteiger partial charge in [0.15, 0.2) is 0 Å². The van der Waals surface area contributed by atoms with Gasteiger partial charge in [-0.05, 0) is 0 Å². The quantitative estimate of drug-likeness (QED) is 0.447. The Kier molecular flexibility index (Phi) is 12.2. The molecule has 198 valence electrons. The van der Waals surface area contributed by atoms with Crippen LogP contribution in [0.1, 0.15) is 0 Å². The molecule has 0 radical (unpaired) electrons. The molecule has 0 aromatic heterocycles. The number of nitrogens with zero attached hydrogens (tertiary/aromatic N) is 5. The van der Waals surface area contributed by atoms with Crippen molar-refractivity contribution in [2.75, 3.05) is 139 Å². The van der Waals surface area contributed by atoms with Crippen molar-refractivity contribution in [1.82, 2.24) is 35.1 Å². The predicted molar refractivity (Wildman–Crippen MR) is 127 cm³/mol. The van der Waals surface area contributed by atoms with E-state index in [0.29, 0.717) is 59.5 Å². The third kappa shape index (κ3) is 9.88. The standard InChI is InChI=1S/C22H45N7O5/c1-3-25-17-28-19-26(20-29(18-25)21-28)4-2-24-16-27(15-23-1)13-22-14-33-10-9-31-6-5-30-7-8-32-11-12-34-22/h22-24H,1-21H2. The molecule has 5 heterocycles. The van der Waals surface area contributed by atoms with E-state index in [4.69, 9.17) is 23.7 Å². The molecule has 1 atom stereocenters. The molecule has 0 aliphatic carbocycles. The Hall–Kier alpha value is -0.480. The molecule has 0 aromatic rings. The molecular weight excluding hydrogens is 442 g/mol. The highest BCUT2D eigenvalue weighted by Crippen LogP contribution is 2.14. The van der Waals surface area contributed by atoms with Gasteiger partial charge in [-0.15, -0.1) is 0 Å². The van der Waals surface area contributed by atoms with Crippen LogP contribution in [0.15, 0.2) is 0 Å². The number of rotatable bonds is 2. The van der Waals surface area contributed by atoms with Crippen LogP contribution >= 0.6 is 0 Å². The van der Waals surface area contributed by atoms with Gasteiger partial charge in [0, 0.05) is 46.1 Å². The molecule has 0 saturated carbocycles. The molecular formula is C22H45N7O5. The summed E-state index contributed by atoms with van der Waals surface area (Å²) < 4.78 is 28.7. The van der Waals surface area contributed by atoms with Crippen LogP contribution in [0.5, 0.6) is 0 Å². The van der Waals surface area contributed by atoms with Crippen LogP contribution in [0.3, 0.4) is 0 Å². The zero-order chi connectivity index (χ0) is 23.3. The van der Waals surface area contributed by atoms with Gasteiger partial charge in [-0.1, -0.05) is 0 Å². The number of hydrogen-bond donors (Lipinski definition) is 2.